The van der Waals surface area contributed by atoms with E-state index >= 15 is 0 Å². The van der Waals surface area contributed by atoms with Crippen LogP contribution < -0.4 is 10.2 Å². The molecule has 4 heteroatoms. The Morgan fingerprint density at radius 2 is 2.00 bits per heavy atom. The van der Waals surface area contributed by atoms with Crippen LogP contribution in [0, 0.1) is 0 Å². The molecule has 0 radical (unpaired) electrons. The van der Waals surface area contributed by atoms with E-state index in [1.807, 2.05) is 12.3 Å². The summed E-state index contributed by atoms with van der Waals surface area (Å²) >= 11 is 0. The van der Waals surface area contributed by atoms with Crippen LogP contribution in [0.4, 0.5) is 5.82 Å². The van der Waals surface area contributed by atoms with Crippen molar-refractivity contribution in [1.82, 2.24) is 15.2 Å². The lowest BCUT2D eigenvalue weighted by Gasteiger charge is -2.35. The number of piperazine rings is 1. The number of rotatable bonds is 7. The molecule has 1 aromatic rings. The number of unbranched alkanes of at least 4 members (excludes halogenated alkanes) is 1. The zero-order valence-electron chi connectivity index (χ0n) is 12.0. The first-order valence-corrected chi connectivity index (χ1v) is 7.49. The summed E-state index contributed by atoms with van der Waals surface area (Å²) in [6.45, 7) is 10.1. The van der Waals surface area contributed by atoms with Crippen LogP contribution in [0.3, 0.4) is 0 Å². The second-order valence-electron chi connectivity index (χ2n) is 5.12. The Balaban J connectivity index is 1.63. The molecule has 0 unspecified atom stereocenters. The average molecular weight is 262 g/mol. The summed E-state index contributed by atoms with van der Waals surface area (Å²) in [6.07, 6.45) is 4.43. The molecule has 0 aliphatic carbocycles. The topological polar surface area (TPSA) is 31.4 Å². The first-order chi connectivity index (χ1) is 9.40. The molecule has 0 saturated carbocycles. The summed E-state index contributed by atoms with van der Waals surface area (Å²) in [7, 11) is 0. The molecular weight excluding hydrogens is 236 g/mol. The Morgan fingerprint density at radius 3 is 2.68 bits per heavy atom. The van der Waals surface area contributed by atoms with Gasteiger partial charge in [-0.1, -0.05) is 19.4 Å². The van der Waals surface area contributed by atoms with Gasteiger partial charge in [-0.2, -0.15) is 0 Å². The van der Waals surface area contributed by atoms with Crippen LogP contribution in [0.5, 0.6) is 0 Å². The lowest BCUT2D eigenvalue weighted by atomic mass is 10.3. The Labute approximate surface area is 116 Å². The normalized spacial score (nSPS) is 16.8. The maximum atomic E-state index is 4.42. The molecule has 1 fully saturated rings. The van der Waals surface area contributed by atoms with Crippen molar-refractivity contribution in [2.24, 2.45) is 0 Å². The summed E-state index contributed by atoms with van der Waals surface area (Å²) in [4.78, 5) is 9.33. The zero-order valence-corrected chi connectivity index (χ0v) is 12.0. The van der Waals surface area contributed by atoms with E-state index in [1.165, 1.54) is 19.4 Å². The summed E-state index contributed by atoms with van der Waals surface area (Å²) in [6, 6.07) is 6.13. The van der Waals surface area contributed by atoms with Crippen LogP contribution in [-0.2, 0) is 0 Å². The lowest BCUT2D eigenvalue weighted by Crippen LogP contribution is -2.48. The molecule has 1 aromatic heterocycles. The van der Waals surface area contributed by atoms with Crippen molar-refractivity contribution in [2.45, 2.75) is 19.8 Å². The SMILES string of the molecule is CCCCNCCN1CCN(c2ccccn2)CC1. The maximum absolute atomic E-state index is 4.42. The molecule has 106 valence electrons. The van der Waals surface area contributed by atoms with E-state index < -0.39 is 0 Å². The highest BCUT2D eigenvalue weighted by Gasteiger charge is 2.16. The minimum absolute atomic E-state index is 1.09. The number of aromatic nitrogens is 1. The van der Waals surface area contributed by atoms with E-state index in [2.05, 4.69) is 39.2 Å². The average Bonchev–Trinajstić information content (AvgIpc) is 2.49. The van der Waals surface area contributed by atoms with E-state index in [1.54, 1.807) is 0 Å². The van der Waals surface area contributed by atoms with Crippen LogP contribution in [0.1, 0.15) is 19.8 Å². The minimum atomic E-state index is 1.09. The predicted octanol–water partition coefficient (Wildman–Crippen LogP) is 1.59. The van der Waals surface area contributed by atoms with E-state index in [0.29, 0.717) is 0 Å². The van der Waals surface area contributed by atoms with Gasteiger partial charge in [-0.3, -0.25) is 4.90 Å². The smallest absolute Gasteiger partial charge is 0.128 e. The number of anilines is 1. The summed E-state index contributed by atoms with van der Waals surface area (Å²) in [5, 5.41) is 3.51. The van der Waals surface area contributed by atoms with Crippen LogP contribution in [0.25, 0.3) is 0 Å². The van der Waals surface area contributed by atoms with E-state index in [9.17, 15) is 0 Å². The van der Waals surface area contributed by atoms with Crippen LogP contribution in [-0.4, -0.2) is 55.7 Å². The van der Waals surface area contributed by atoms with Gasteiger partial charge in [-0.05, 0) is 25.1 Å². The largest absolute Gasteiger partial charge is 0.354 e. The van der Waals surface area contributed by atoms with Gasteiger partial charge in [0.05, 0.1) is 0 Å². The number of nitrogens with one attached hydrogen (secondary N) is 1. The summed E-state index contributed by atoms with van der Waals surface area (Å²) in [5.74, 6) is 1.11. The van der Waals surface area contributed by atoms with Gasteiger partial charge in [-0.25, -0.2) is 4.98 Å². The number of nitrogens with zero attached hydrogens (tertiary/aromatic N) is 3. The van der Waals surface area contributed by atoms with Gasteiger partial charge in [0.2, 0.25) is 0 Å². The molecule has 2 heterocycles. The first-order valence-electron chi connectivity index (χ1n) is 7.49. The first kappa shape index (κ1) is 14.3. The molecular formula is C15H26N4. The molecule has 2 rings (SSSR count). The number of hydrogen-bond acceptors (Lipinski definition) is 4. The van der Waals surface area contributed by atoms with Crippen LogP contribution in [0.15, 0.2) is 24.4 Å². The quantitative estimate of drug-likeness (QED) is 0.756. The molecule has 4 nitrogen and oxygen atoms in total. The molecule has 1 aliphatic heterocycles. The van der Waals surface area contributed by atoms with Gasteiger partial charge in [-0.15, -0.1) is 0 Å². The zero-order chi connectivity index (χ0) is 13.3. The predicted molar refractivity (Wildman–Crippen MR) is 80.7 cm³/mol. The minimum Gasteiger partial charge on any atom is -0.354 e. The lowest BCUT2D eigenvalue weighted by molar-refractivity contribution is 0.257. The summed E-state index contributed by atoms with van der Waals surface area (Å²) < 4.78 is 0. The molecule has 0 spiro atoms. The molecule has 19 heavy (non-hydrogen) atoms. The van der Waals surface area contributed by atoms with Crippen molar-refractivity contribution in [2.75, 3.05) is 50.7 Å². The third-order valence-electron chi connectivity index (χ3n) is 3.66. The van der Waals surface area contributed by atoms with Crippen molar-refractivity contribution in [1.29, 1.82) is 0 Å². The van der Waals surface area contributed by atoms with E-state index in [-0.39, 0.29) is 0 Å². The van der Waals surface area contributed by atoms with Crippen LogP contribution >= 0.6 is 0 Å². The van der Waals surface area contributed by atoms with Gasteiger partial charge in [0.15, 0.2) is 0 Å². The molecule has 1 N–H and O–H groups in total. The second-order valence-corrected chi connectivity index (χ2v) is 5.12. The third-order valence-corrected chi connectivity index (χ3v) is 3.66. The van der Waals surface area contributed by atoms with E-state index in [0.717, 1.165) is 45.1 Å². The molecule has 1 saturated heterocycles. The Kier molecular flexibility index (Phi) is 6.11. The Bertz CT molecular complexity index is 333. The monoisotopic (exact) mass is 262 g/mol. The van der Waals surface area contributed by atoms with Gasteiger partial charge < -0.3 is 10.2 Å². The van der Waals surface area contributed by atoms with Crippen molar-refractivity contribution in [3.05, 3.63) is 24.4 Å². The molecule has 1 aliphatic rings. The van der Waals surface area contributed by atoms with Gasteiger partial charge in [0.25, 0.3) is 0 Å². The highest BCUT2D eigenvalue weighted by Crippen LogP contribution is 2.11. The molecule has 0 aromatic carbocycles. The van der Waals surface area contributed by atoms with Crippen molar-refractivity contribution in [3.8, 4) is 0 Å². The van der Waals surface area contributed by atoms with Gasteiger partial charge >= 0.3 is 0 Å². The Hall–Kier alpha value is -1.13. The standard InChI is InChI=1S/C15H26N4/c1-2-3-7-16-9-10-18-11-13-19(14-12-18)15-6-4-5-8-17-15/h4-6,8,16H,2-3,7,9-14H2,1H3. The number of pyridine rings is 1. The summed E-state index contributed by atoms with van der Waals surface area (Å²) in [5.41, 5.74) is 0. The third kappa shape index (κ3) is 4.80. The fraction of sp³-hybridized carbons (Fsp3) is 0.667. The van der Waals surface area contributed by atoms with Gasteiger partial charge in [0.1, 0.15) is 5.82 Å². The van der Waals surface area contributed by atoms with Crippen molar-refractivity contribution in [3.63, 3.8) is 0 Å². The Morgan fingerprint density at radius 1 is 1.16 bits per heavy atom. The van der Waals surface area contributed by atoms with Gasteiger partial charge in [0, 0.05) is 45.5 Å². The van der Waals surface area contributed by atoms with Crippen molar-refractivity contribution >= 4 is 5.82 Å². The van der Waals surface area contributed by atoms with Crippen LogP contribution in [0.2, 0.25) is 0 Å². The second kappa shape index (κ2) is 8.12. The van der Waals surface area contributed by atoms with E-state index in [4.69, 9.17) is 0 Å². The fourth-order valence-corrected chi connectivity index (χ4v) is 2.41. The highest BCUT2D eigenvalue weighted by atomic mass is 15.3. The number of hydrogen-bond donors (Lipinski definition) is 1. The molecule has 0 bridgehead atoms. The molecule has 0 atom stereocenters. The maximum Gasteiger partial charge on any atom is 0.128 e. The molecule has 0 amide bonds. The van der Waals surface area contributed by atoms with Crippen molar-refractivity contribution < 1.29 is 0 Å². The fourth-order valence-electron chi connectivity index (χ4n) is 2.41. The highest BCUT2D eigenvalue weighted by molar-refractivity contribution is 5.38.